The summed E-state index contributed by atoms with van der Waals surface area (Å²) in [6.07, 6.45) is 1.07. The van der Waals surface area contributed by atoms with Gasteiger partial charge in [-0.15, -0.1) is 0 Å². The van der Waals surface area contributed by atoms with Gasteiger partial charge in [0, 0.05) is 4.47 Å². The number of carbonyl (C=O) groups is 1. The first kappa shape index (κ1) is 11.7. The highest BCUT2D eigenvalue weighted by Crippen LogP contribution is 2.23. The molecule has 0 heterocycles. The van der Waals surface area contributed by atoms with Crippen LogP contribution in [-0.4, -0.2) is 24.6 Å². The second-order valence-corrected chi connectivity index (χ2v) is 3.46. The standard InChI is InChI=1S/C9H9BrN2O3/c1-15-9(13)7-4-6(10)2-3-8(7)11-5-12-14/h2-5,14H,1H3,(H,11,12). The van der Waals surface area contributed by atoms with Crippen LogP contribution in [0.15, 0.2) is 27.7 Å². The molecule has 0 bridgehead atoms. The third kappa shape index (κ3) is 3.03. The van der Waals surface area contributed by atoms with E-state index in [1.165, 1.54) is 7.11 Å². The van der Waals surface area contributed by atoms with E-state index in [2.05, 4.69) is 25.7 Å². The average Bonchev–Trinajstić information content (AvgIpc) is 2.26. The first-order valence-corrected chi connectivity index (χ1v) is 4.78. The molecule has 2 N–H and O–H groups in total. The molecule has 1 rings (SSSR count). The fraction of sp³-hybridized carbons (Fsp3) is 0.111. The van der Waals surface area contributed by atoms with Gasteiger partial charge in [-0.2, -0.15) is 0 Å². The van der Waals surface area contributed by atoms with Crippen LogP contribution in [0.3, 0.4) is 0 Å². The van der Waals surface area contributed by atoms with E-state index in [9.17, 15) is 4.79 Å². The molecule has 0 aromatic heterocycles. The molecule has 0 spiro atoms. The zero-order valence-electron chi connectivity index (χ0n) is 7.90. The number of ether oxygens (including phenoxy) is 1. The molecule has 0 saturated carbocycles. The number of nitrogens with one attached hydrogen (secondary N) is 1. The van der Waals surface area contributed by atoms with Crippen LogP contribution >= 0.6 is 15.9 Å². The normalized spacial score (nSPS) is 10.3. The number of hydrogen-bond donors (Lipinski definition) is 2. The number of aliphatic imine (C=N–C) groups is 1. The van der Waals surface area contributed by atoms with Crippen LogP contribution in [0.1, 0.15) is 10.4 Å². The molecule has 6 heteroatoms. The van der Waals surface area contributed by atoms with Crippen LogP contribution in [0.2, 0.25) is 0 Å². The summed E-state index contributed by atoms with van der Waals surface area (Å²) in [5.74, 6) is -0.485. The van der Waals surface area contributed by atoms with Gasteiger partial charge in [0.1, 0.15) is 6.34 Å². The van der Waals surface area contributed by atoms with Gasteiger partial charge in [-0.25, -0.2) is 9.79 Å². The highest BCUT2D eigenvalue weighted by molar-refractivity contribution is 9.10. The van der Waals surface area contributed by atoms with Crippen molar-refractivity contribution in [2.45, 2.75) is 0 Å². The van der Waals surface area contributed by atoms with E-state index in [0.717, 1.165) is 10.8 Å². The molecule has 80 valence electrons. The molecule has 15 heavy (non-hydrogen) atoms. The van der Waals surface area contributed by atoms with Crippen molar-refractivity contribution in [1.82, 2.24) is 5.48 Å². The van der Waals surface area contributed by atoms with Gasteiger partial charge in [-0.3, -0.25) is 10.7 Å². The Morgan fingerprint density at radius 3 is 3.00 bits per heavy atom. The molecule has 0 radical (unpaired) electrons. The van der Waals surface area contributed by atoms with Gasteiger partial charge in [0.05, 0.1) is 18.4 Å². The molecule has 0 aliphatic carbocycles. The van der Waals surface area contributed by atoms with Crippen molar-refractivity contribution in [2.75, 3.05) is 7.11 Å². The Morgan fingerprint density at radius 2 is 2.40 bits per heavy atom. The maximum atomic E-state index is 11.3. The van der Waals surface area contributed by atoms with E-state index in [0.29, 0.717) is 11.3 Å². The summed E-state index contributed by atoms with van der Waals surface area (Å²) >= 11 is 3.24. The van der Waals surface area contributed by atoms with Crippen molar-refractivity contribution in [3.63, 3.8) is 0 Å². The van der Waals surface area contributed by atoms with Gasteiger partial charge >= 0.3 is 5.97 Å². The lowest BCUT2D eigenvalue weighted by Crippen LogP contribution is -2.04. The molecule has 0 saturated heterocycles. The van der Waals surface area contributed by atoms with E-state index < -0.39 is 5.97 Å². The fourth-order valence-corrected chi connectivity index (χ4v) is 1.35. The van der Waals surface area contributed by atoms with Gasteiger partial charge < -0.3 is 4.74 Å². The molecule has 0 aliphatic heterocycles. The lowest BCUT2D eigenvalue weighted by atomic mass is 10.2. The van der Waals surface area contributed by atoms with E-state index in [-0.39, 0.29) is 0 Å². The van der Waals surface area contributed by atoms with Crippen LogP contribution in [0.4, 0.5) is 5.69 Å². The summed E-state index contributed by atoms with van der Waals surface area (Å²) in [4.78, 5) is 15.2. The van der Waals surface area contributed by atoms with Gasteiger partial charge in [0.15, 0.2) is 0 Å². The smallest absolute Gasteiger partial charge is 0.340 e. The maximum Gasteiger partial charge on any atom is 0.340 e. The number of benzene rings is 1. The number of halogens is 1. The number of hydrogen-bond acceptors (Lipinski definition) is 4. The van der Waals surface area contributed by atoms with Crippen LogP contribution in [0.5, 0.6) is 0 Å². The predicted molar refractivity (Wildman–Crippen MR) is 58.6 cm³/mol. The molecule has 0 amide bonds. The van der Waals surface area contributed by atoms with Gasteiger partial charge in [0.25, 0.3) is 0 Å². The quantitative estimate of drug-likeness (QED) is 0.382. The summed E-state index contributed by atoms with van der Waals surface area (Å²) in [6, 6.07) is 4.95. The number of esters is 1. The van der Waals surface area contributed by atoms with Crippen LogP contribution in [0.25, 0.3) is 0 Å². The Morgan fingerprint density at radius 1 is 1.67 bits per heavy atom. The van der Waals surface area contributed by atoms with E-state index in [1.54, 1.807) is 23.7 Å². The summed E-state index contributed by atoms with van der Waals surface area (Å²) < 4.78 is 5.34. The van der Waals surface area contributed by atoms with Crippen LogP contribution in [-0.2, 0) is 4.74 Å². The van der Waals surface area contributed by atoms with E-state index in [4.69, 9.17) is 5.21 Å². The largest absolute Gasteiger partial charge is 0.465 e. The van der Waals surface area contributed by atoms with Gasteiger partial charge in [0.2, 0.25) is 0 Å². The third-order valence-electron chi connectivity index (χ3n) is 1.63. The van der Waals surface area contributed by atoms with Gasteiger partial charge in [-0.05, 0) is 18.2 Å². The lowest BCUT2D eigenvalue weighted by molar-refractivity contribution is 0.0601. The number of methoxy groups -OCH3 is 1. The van der Waals surface area contributed by atoms with Crippen molar-refractivity contribution in [2.24, 2.45) is 4.99 Å². The molecule has 0 unspecified atom stereocenters. The third-order valence-corrected chi connectivity index (χ3v) is 2.12. The summed E-state index contributed by atoms with van der Waals surface area (Å²) in [7, 11) is 1.29. The van der Waals surface area contributed by atoms with Crippen LogP contribution < -0.4 is 5.48 Å². The number of carbonyl (C=O) groups excluding carboxylic acids is 1. The average molecular weight is 273 g/mol. The molecule has 0 fully saturated rings. The SMILES string of the molecule is COC(=O)c1cc(Br)ccc1N=CNO. The first-order valence-electron chi connectivity index (χ1n) is 3.99. The Bertz CT molecular complexity index is 393. The molecular formula is C9H9BrN2O3. The zero-order chi connectivity index (χ0) is 11.3. The predicted octanol–water partition coefficient (Wildman–Crippen LogP) is 1.87. The monoisotopic (exact) mass is 272 g/mol. The maximum absolute atomic E-state index is 11.3. The minimum atomic E-state index is -0.485. The van der Waals surface area contributed by atoms with E-state index in [1.807, 2.05) is 0 Å². The van der Waals surface area contributed by atoms with Crippen molar-refractivity contribution in [1.29, 1.82) is 0 Å². The first-order chi connectivity index (χ1) is 7.19. The Hall–Kier alpha value is -1.40. The second-order valence-electron chi connectivity index (χ2n) is 2.54. The van der Waals surface area contributed by atoms with Crippen molar-refractivity contribution >= 4 is 33.9 Å². The number of nitrogens with zero attached hydrogens (tertiary/aromatic N) is 1. The molecule has 0 atom stereocenters. The highest BCUT2D eigenvalue weighted by Gasteiger charge is 2.11. The van der Waals surface area contributed by atoms with Crippen molar-refractivity contribution in [3.8, 4) is 0 Å². The lowest BCUT2D eigenvalue weighted by Gasteiger charge is -2.03. The Kier molecular flexibility index (Phi) is 4.26. The van der Waals surface area contributed by atoms with Crippen molar-refractivity contribution < 1.29 is 14.7 Å². The number of rotatable bonds is 3. The fourth-order valence-electron chi connectivity index (χ4n) is 0.993. The minimum Gasteiger partial charge on any atom is -0.465 e. The summed E-state index contributed by atoms with van der Waals surface area (Å²) in [5, 5.41) is 8.34. The molecule has 0 aliphatic rings. The molecule has 5 nitrogen and oxygen atoms in total. The molecular weight excluding hydrogens is 264 g/mol. The van der Waals surface area contributed by atoms with E-state index >= 15 is 0 Å². The zero-order valence-corrected chi connectivity index (χ0v) is 9.48. The van der Waals surface area contributed by atoms with Crippen molar-refractivity contribution in [3.05, 3.63) is 28.2 Å². The molecule has 1 aromatic carbocycles. The van der Waals surface area contributed by atoms with Crippen LogP contribution in [0, 0.1) is 0 Å². The molecule has 1 aromatic rings. The number of hydroxylamine groups is 1. The Labute approximate surface area is 94.9 Å². The summed E-state index contributed by atoms with van der Waals surface area (Å²) in [5.41, 5.74) is 2.49. The topological polar surface area (TPSA) is 70.9 Å². The summed E-state index contributed by atoms with van der Waals surface area (Å²) in [6.45, 7) is 0. The second kappa shape index (κ2) is 5.47. The highest BCUT2D eigenvalue weighted by atomic mass is 79.9. The minimum absolute atomic E-state index is 0.318. The Balaban J connectivity index is 3.14. The van der Waals surface area contributed by atoms with Gasteiger partial charge in [-0.1, -0.05) is 15.9 Å².